The third-order valence-electron chi connectivity index (χ3n) is 2.02. The minimum Gasteiger partial charge on any atom is -1.00 e. The van der Waals surface area contributed by atoms with Gasteiger partial charge in [-0.3, -0.25) is 0 Å². The van der Waals surface area contributed by atoms with E-state index in [9.17, 15) is 13.0 Å². The Balaban J connectivity index is 0.00000112. The van der Waals surface area contributed by atoms with Crippen molar-refractivity contribution >= 4 is 43.9 Å². The number of hydrogen-bond donors (Lipinski definition) is 0. The molecule has 0 aliphatic rings. The van der Waals surface area contributed by atoms with Crippen molar-refractivity contribution in [2.24, 2.45) is 0 Å². The Bertz CT molecular complexity index is 578. The summed E-state index contributed by atoms with van der Waals surface area (Å²) in [5.41, 5.74) is 0. The van der Waals surface area contributed by atoms with E-state index in [0.29, 0.717) is 5.39 Å². The van der Waals surface area contributed by atoms with Gasteiger partial charge in [-0.1, -0.05) is 36.4 Å². The molecule has 0 atom stereocenters. The second-order valence-corrected chi connectivity index (χ2v) is 4.28. The Kier molecular flexibility index (Phi) is 5.92. The molecule has 0 spiro atoms. The van der Waals surface area contributed by atoms with Crippen LogP contribution in [0, 0.1) is 0 Å². The van der Waals surface area contributed by atoms with E-state index >= 15 is 0 Å². The molecule has 2 rings (SSSR count). The fourth-order valence-corrected chi connectivity index (χ4v) is 2.11. The van der Waals surface area contributed by atoms with E-state index in [4.69, 9.17) is 0 Å². The van der Waals surface area contributed by atoms with Gasteiger partial charge in [0.1, 0.15) is 10.1 Å². The van der Waals surface area contributed by atoms with Gasteiger partial charge in [-0.05, 0) is 16.8 Å². The number of fused-ring (bicyclic) bond motifs is 1. The molecule has 0 saturated heterocycles. The van der Waals surface area contributed by atoms with E-state index in [1.807, 2.05) is 0 Å². The predicted molar refractivity (Wildman–Crippen MR) is 57.7 cm³/mol. The van der Waals surface area contributed by atoms with E-state index in [1.165, 1.54) is 6.07 Å². The van der Waals surface area contributed by atoms with E-state index in [-0.39, 0.29) is 44.9 Å². The molecule has 0 amide bonds. The molecule has 0 saturated carbocycles. The number of benzene rings is 2. The van der Waals surface area contributed by atoms with Crippen molar-refractivity contribution < 1.29 is 30.0 Å². The fraction of sp³-hybridized carbons (Fsp3) is 0. The zero-order valence-electron chi connectivity index (χ0n) is 8.26. The molecule has 0 bridgehead atoms. The Morgan fingerprint density at radius 1 is 0.938 bits per heavy atom. The van der Waals surface area contributed by atoms with Gasteiger partial charge < -0.3 is 21.5 Å². The van der Waals surface area contributed by atoms with Crippen LogP contribution in [0.5, 0.6) is 0 Å². The summed E-state index contributed by atoms with van der Waals surface area (Å²) in [7, 11) is -4.38. The molecule has 80 valence electrons. The van der Waals surface area contributed by atoms with E-state index in [0.717, 1.165) is 5.39 Å². The molecule has 0 N–H and O–H groups in total. The third kappa shape index (κ3) is 3.18. The standard InChI is InChI=1S/C10H8O3S.BrH.Mg/c11-14(12,13)10-7-3-5-8-4-1-2-6-9(8)10;;/h1-7H,(H,11,12,13);1H;/q;;+2/p-2. The average molecular weight is 311 g/mol. The van der Waals surface area contributed by atoms with Crippen LogP contribution in [0.25, 0.3) is 10.8 Å². The average Bonchev–Trinajstić information content (AvgIpc) is 2.15. The van der Waals surface area contributed by atoms with Gasteiger partial charge in [0.05, 0.1) is 4.90 Å². The van der Waals surface area contributed by atoms with Crippen molar-refractivity contribution in [2.75, 3.05) is 0 Å². The molecular weight excluding hydrogens is 304 g/mol. The summed E-state index contributed by atoms with van der Waals surface area (Å²) < 4.78 is 32.7. The topological polar surface area (TPSA) is 57.2 Å². The molecule has 2 aromatic rings. The van der Waals surface area contributed by atoms with Crippen molar-refractivity contribution in [1.29, 1.82) is 0 Å². The summed E-state index contributed by atoms with van der Waals surface area (Å²) in [5, 5.41) is 1.23. The molecule has 6 heteroatoms. The minimum atomic E-state index is -4.38. The Hall–Kier alpha value is -0.144. The van der Waals surface area contributed by atoms with Crippen LogP contribution in [-0.4, -0.2) is 36.0 Å². The Morgan fingerprint density at radius 2 is 1.50 bits per heavy atom. The van der Waals surface area contributed by atoms with E-state index < -0.39 is 10.1 Å². The van der Waals surface area contributed by atoms with Gasteiger partial charge in [-0.15, -0.1) is 0 Å². The van der Waals surface area contributed by atoms with Crippen LogP contribution in [0.4, 0.5) is 0 Å². The quantitative estimate of drug-likeness (QED) is 0.469. The molecule has 0 fully saturated rings. The van der Waals surface area contributed by atoms with Gasteiger partial charge in [0.2, 0.25) is 0 Å². The van der Waals surface area contributed by atoms with Gasteiger partial charge in [-0.2, -0.15) is 0 Å². The summed E-state index contributed by atoms with van der Waals surface area (Å²) in [6.45, 7) is 0. The number of hydrogen-bond acceptors (Lipinski definition) is 3. The molecular formula is C10H7BrMgO3S. The summed E-state index contributed by atoms with van der Waals surface area (Å²) in [6.07, 6.45) is 0. The van der Waals surface area contributed by atoms with Crippen molar-refractivity contribution in [2.45, 2.75) is 4.90 Å². The second-order valence-electron chi connectivity index (χ2n) is 2.93. The van der Waals surface area contributed by atoms with Crippen LogP contribution in [0.15, 0.2) is 47.4 Å². The second kappa shape index (κ2) is 5.97. The predicted octanol–water partition coefficient (Wildman–Crippen LogP) is -1.63. The SMILES string of the molecule is O=S(=O)([O-])c1cccc2ccccc12.[Br-].[Mg+2]. The summed E-state index contributed by atoms with van der Waals surface area (Å²) in [5.74, 6) is 0. The van der Waals surface area contributed by atoms with Crippen LogP contribution in [-0.2, 0) is 10.1 Å². The Morgan fingerprint density at radius 3 is 2.12 bits per heavy atom. The zero-order valence-corrected chi connectivity index (χ0v) is 12.1. The maximum absolute atomic E-state index is 10.9. The first kappa shape index (κ1) is 15.9. The molecule has 0 aliphatic carbocycles. The molecule has 3 nitrogen and oxygen atoms in total. The van der Waals surface area contributed by atoms with Crippen LogP contribution >= 0.6 is 0 Å². The van der Waals surface area contributed by atoms with Gasteiger partial charge >= 0.3 is 23.1 Å². The van der Waals surface area contributed by atoms with Gasteiger partial charge in [-0.25, -0.2) is 8.42 Å². The minimum absolute atomic E-state index is 0. The molecule has 0 unspecified atom stereocenters. The molecule has 0 aliphatic heterocycles. The monoisotopic (exact) mass is 310 g/mol. The van der Waals surface area contributed by atoms with Crippen LogP contribution in [0.2, 0.25) is 0 Å². The smallest absolute Gasteiger partial charge is 1.00 e. The molecule has 2 aromatic carbocycles. The first-order valence-electron chi connectivity index (χ1n) is 4.03. The molecule has 16 heavy (non-hydrogen) atoms. The maximum Gasteiger partial charge on any atom is 2.00 e. The number of halogens is 1. The molecule has 0 aromatic heterocycles. The summed E-state index contributed by atoms with van der Waals surface area (Å²) in [4.78, 5) is -0.157. The fourth-order valence-electron chi connectivity index (χ4n) is 1.41. The molecule has 0 radical (unpaired) electrons. The van der Waals surface area contributed by atoms with Gasteiger partial charge in [0.15, 0.2) is 0 Å². The van der Waals surface area contributed by atoms with E-state index in [1.54, 1.807) is 36.4 Å². The maximum atomic E-state index is 10.9. The Labute approximate surface area is 121 Å². The first-order valence-corrected chi connectivity index (χ1v) is 5.43. The van der Waals surface area contributed by atoms with Crippen LogP contribution < -0.4 is 17.0 Å². The van der Waals surface area contributed by atoms with Crippen molar-refractivity contribution in [3.8, 4) is 0 Å². The first-order chi connectivity index (χ1) is 6.59. The van der Waals surface area contributed by atoms with Crippen LogP contribution in [0.3, 0.4) is 0 Å². The van der Waals surface area contributed by atoms with Gasteiger partial charge in [0, 0.05) is 0 Å². The van der Waals surface area contributed by atoms with Crippen molar-refractivity contribution in [3.05, 3.63) is 42.5 Å². The number of rotatable bonds is 1. The van der Waals surface area contributed by atoms with E-state index in [2.05, 4.69) is 0 Å². The normalized spacial score (nSPS) is 10.3. The van der Waals surface area contributed by atoms with Crippen LogP contribution in [0.1, 0.15) is 0 Å². The summed E-state index contributed by atoms with van der Waals surface area (Å²) in [6, 6.07) is 11.5. The van der Waals surface area contributed by atoms with Crippen molar-refractivity contribution in [1.82, 2.24) is 0 Å². The molecule has 0 heterocycles. The van der Waals surface area contributed by atoms with Gasteiger partial charge in [0.25, 0.3) is 0 Å². The third-order valence-corrected chi connectivity index (χ3v) is 2.91. The van der Waals surface area contributed by atoms with Crippen molar-refractivity contribution in [3.63, 3.8) is 0 Å². The summed E-state index contributed by atoms with van der Waals surface area (Å²) >= 11 is 0. The largest absolute Gasteiger partial charge is 2.00 e. The zero-order chi connectivity index (χ0) is 10.2.